The molecule has 2 nitrogen and oxygen atoms in total. The SMILES string of the molecule is C=Cc1cccc(C(C=C)OC(=O)C(=C)C)c1. The Morgan fingerprint density at radius 2 is 2.12 bits per heavy atom. The van der Waals surface area contributed by atoms with E-state index in [0.717, 1.165) is 11.1 Å². The minimum Gasteiger partial charge on any atom is -0.450 e. The summed E-state index contributed by atoms with van der Waals surface area (Å²) in [5.74, 6) is -0.418. The van der Waals surface area contributed by atoms with E-state index in [9.17, 15) is 4.79 Å². The predicted octanol–water partition coefficient (Wildman–Crippen LogP) is 3.68. The van der Waals surface area contributed by atoms with E-state index >= 15 is 0 Å². The zero-order valence-corrected chi connectivity index (χ0v) is 9.98. The fourth-order valence-corrected chi connectivity index (χ4v) is 1.33. The van der Waals surface area contributed by atoms with Crippen LogP contribution in [0.2, 0.25) is 0 Å². The Kier molecular flexibility index (Phi) is 4.46. The molecule has 0 aliphatic heterocycles. The van der Waals surface area contributed by atoms with Crippen molar-refractivity contribution in [2.24, 2.45) is 0 Å². The number of carbonyl (C=O) groups excluding carboxylic acids is 1. The standard InChI is InChI=1S/C15H16O2/c1-5-12-8-7-9-13(10-12)14(6-2)17-15(16)11(3)4/h5-10,14H,1-3H2,4H3. The molecule has 0 saturated heterocycles. The Hall–Kier alpha value is -2.09. The second kappa shape index (κ2) is 5.85. The van der Waals surface area contributed by atoms with Crippen molar-refractivity contribution < 1.29 is 9.53 Å². The largest absolute Gasteiger partial charge is 0.450 e. The van der Waals surface area contributed by atoms with Gasteiger partial charge in [0.15, 0.2) is 0 Å². The van der Waals surface area contributed by atoms with E-state index in [2.05, 4.69) is 19.7 Å². The number of ether oxygens (including phenoxy) is 1. The summed E-state index contributed by atoms with van der Waals surface area (Å²) in [4.78, 5) is 11.5. The summed E-state index contributed by atoms with van der Waals surface area (Å²) in [5, 5.41) is 0. The second-order valence-corrected chi connectivity index (χ2v) is 3.72. The molecule has 17 heavy (non-hydrogen) atoms. The van der Waals surface area contributed by atoms with Crippen molar-refractivity contribution in [2.45, 2.75) is 13.0 Å². The van der Waals surface area contributed by atoms with Crippen molar-refractivity contribution in [2.75, 3.05) is 0 Å². The monoisotopic (exact) mass is 228 g/mol. The van der Waals surface area contributed by atoms with Crippen molar-refractivity contribution in [1.29, 1.82) is 0 Å². The molecule has 1 atom stereocenters. The molecule has 0 heterocycles. The van der Waals surface area contributed by atoms with Gasteiger partial charge in [0.05, 0.1) is 0 Å². The topological polar surface area (TPSA) is 26.3 Å². The van der Waals surface area contributed by atoms with E-state index in [0.29, 0.717) is 5.57 Å². The molecule has 0 N–H and O–H groups in total. The maximum atomic E-state index is 11.5. The zero-order valence-electron chi connectivity index (χ0n) is 9.98. The number of rotatable bonds is 5. The third kappa shape index (κ3) is 3.45. The first-order valence-electron chi connectivity index (χ1n) is 5.30. The molecule has 0 saturated carbocycles. The molecule has 0 fully saturated rings. The van der Waals surface area contributed by atoms with Crippen molar-refractivity contribution in [3.63, 3.8) is 0 Å². The van der Waals surface area contributed by atoms with E-state index in [-0.39, 0.29) is 0 Å². The lowest BCUT2D eigenvalue weighted by Crippen LogP contribution is -2.10. The molecule has 0 amide bonds. The zero-order chi connectivity index (χ0) is 12.8. The van der Waals surface area contributed by atoms with Crippen LogP contribution < -0.4 is 0 Å². The highest BCUT2D eigenvalue weighted by Gasteiger charge is 2.13. The Bertz CT molecular complexity index is 458. The summed E-state index contributed by atoms with van der Waals surface area (Å²) in [6.07, 6.45) is 2.87. The van der Waals surface area contributed by atoms with Gasteiger partial charge < -0.3 is 4.74 Å². The van der Waals surface area contributed by atoms with Gasteiger partial charge in [-0.1, -0.05) is 44.0 Å². The highest BCUT2D eigenvalue weighted by Crippen LogP contribution is 2.21. The summed E-state index contributed by atoms with van der Waals surface area (Å²) in [6, 6.07) is 7.60. The van der Waals surface area contributed by atoms with Gasteiger partial charge in [0.1, 0.15) is 6.10 Å². The number of hydrogen-bond donors (Lipinski definition) is 0. The van der Waals surface area contributed by atoms with Gasteiger partial charge in [-0.25, -0.2) is 4.79 Å². The third-order valence-electron chi connectivity index (χ3n) is 2.27. The smallest absolute Gasteiger partial charge is 0.334 e. The van der Waals surface area contributed by atoms with Crippen LogP contribution >= 0.6 is 0 Å². The van der Waals surface area contributed by atoms with Gasteiger partial charge in [0, 0.05) is 5.57 Å². The molecule has 0 bridgehead atoms. The minimum absolute atomic E-state index is 0.372. The van der Waals surface area contributed by atoms with Crippen molar-refractivity contribution in [1.82, 2.24) is 0 Å². The Labute approximate surface area is 102 Å². The molecule has 0 aliphatic carbocycles. The first kappa shape index (κ1) is 13.0. The Morgan fingerprint density at radius 1 is 1.41 bits per heavy atom. The summed E-state index contributed by atoms with van der Waals surface area (Å²) < 4.78 is 5.26. The Morgan fingerprint density at radius 3 is 2.65 bits per heavy atom. The van der Waals surface area contributed by atoms with E-state index in [1.807, 2.05) is 24.3 Å². The fraction of sp³-hybridized carbons (Fsp3) is 0.133. The molecular formula is C15H16O2. The average molecular weight is 228 g/mol. The van der Waals surface area contributed by atoms with Crippen LogP contribution in [-0.2, 0) is 9.53 Å². The number of esters is 1. The quantitative estimate of drug-likeness (QED) is 0.436. The van der Waals surface area contributed by atoms with Crippen LogP contribution in [0.3, 0.4) is 0 Å². The van der Waals surface area contributed by atoms with Gasteiger partial charge in [0.25, 0.3) is 0 Å². The highest BCUT2D eigenvalue weighted by atomic mass is 16.5. The van der Waals surface area contributed by atoms with Crippen LogP contribution in [0.1, 0.15) is 24.2 Å². The normalized spacial score (nSPS) is 11.4. The lowest BCUT2D eigenvalue weighted by atomic mass is 10.1. The first-order valence-corrected chi connectivity index (χ1v) is 5.30. The number of benzene rings is 1. The highest BCUT2D eigenvalue weighted by molar-refractivity contribution is 5.87. The van der Waals surface area contributed by atoms with Gasteiger partial charge in [-0.2, -0.15) is 0 Å². The lowest BCUT2D eigenvalue weighted by Gasteiger charge is -2.14. The predicted molar refractivity (Wildman–Crippen MR) is 70.4 cm³/mol. The van der Waals surface area contributed by atoms with Gasteiger partial charge in [0.2, 0.25) is 0 Å². The summed E-state index contributed by atoms with van der Waals surface area (Å²) in [7, 11) is 0. The van der Waals surface area contributed by atoms with Crippen LogP contribution in [0, 0.1) is 0 Å². The molecule has 0 radical (unpaired) electrons. The average Bonchev–Trinajstić information content (AvgIpc) is 2.35. The molecule has 1 unspecified atom stereocenters. The fourth-order valence-electron chi connectivity index (χ4n) is 1.33. The van der Waals surface area contributed by atoms with Gasteiger partial charge >= 0.3 is 5.97 Å². The van der Waals surface area contributed by atoms with E-state index in [4.69, 9.17) is 4.74 Å². The van der Waals surface area contributed by atoms with E-state index < -0.39 is 12.1 Å². The molecule has 1 aromatic carbocycles. The summed E-state index contributed by atoms with van der Waals surface area (Å²) in [5.41, 5.74) is 2.21. The molecular weight excluding hydrogens is 212 g/mol. The van der Waals surface area contributed by atoms with Gasteiger partial charge in [-0.3, -0.25) is 0 Å². The second-order valence-electron chi connectivity index (χ2n) is 3.72. The van der Waals surface area contributed by atoms with Crippen LogP contribution in [0.25, 0.3) is 6.08 Å². The molecule has 0 aliphatic rings. The van der Waals surface area contributed by atoms with Crippen LogP contribution in [0.4, 0.5) is 0 Å². The minimum atomic E-state index is -0.459. The summed E-state index contributed by atoms with van der Waals surface area (Å²) in [6.45, 7) is 12.5. The lowest BCUT2D eigenvalue weighted by molar-refractivity contribution is -0.142. The first-order chi connectivity index (χ1) is 8.08. The van der Waals surface area contributed by atoms with Crippen molar-refractivity contribution >= 4 is 12.0 Å². The van der Waals surface area contributed by atoms with Gasteiger partial charge in [-0.05, 0) is 30.2 Å². The molecule has 1 aromatic rings. The molecule has 88 valence electrons. The maximum Gasteiger partial charge on any atom is 0.334 e. The van der Waals surface area contributed by atoms with Crippen LogP contribution in [0.15, 0.2) is 55.7 Å². The summed E-state index contributed by atoms with van der Waals surface area (Å²) >= 11 is 0. The maximum absolute atomic E-state index is 11.5. The van der Waals surface area contributed by atoms with Crippen molar-refractivity contribution in [3.8, 4) is 0 Å². The molecule has 2 heteroatoms. The van der Waals surface area contributed by atoms with Gasteiger partial charge in [-0.15, -0.1) is 0 Å². The molecule has 0 aromatic heterocycles. The van der Waals surface area contributed by atoms with E-state index in [1.165, 1.54) is 0 Å². The van der Waals surface area contributed by atoms with E-state index in [1.54, 1.807) is 19.1 Å². The third-order valence-corrected chi connectivity index (χ3v) is 2.27. The molecule has 1 rings (SSSR count). The Balaban J connectivity index is 2.93. The van der Waals surface area contributed by atoms with Crippen LogP contribution in [0.5, 0.6) is 0 Å². The number of hydrogen-bond acceptors (Lipinski definition) is 2. The van der Waals surface area contributed by atoms with Crippen molar-refractivity contribution in [3.05, 3.63) is 66.8 Å². The molecule has 0 spiro atoms. The number of carbonyl (C=O) groups is 1. The van der Waals surface area contributed by atoms with Crippen LogP contribution in [-0.4, -0.2) is 5.97 Å².